The highest BCUT2D eigenvalue weighted by molar-refractivity contribution is 7.90. The summed E-state index contributed by atoms with van der Waals surface area (Å²) < 4.78 is 31.8. The molecule has 0 heterocycles. The number of methoxy groups -OCH3 is 1. The van der Waals surface area contributed by atoms with Crippen LogP contribution < -0.4 is 9.92 Å². The Morgan fingerprint density at radius 2 is 1.93 bits per heavy atom. The van der Waals surface area contributed by atoms with Gasteiger partial charge in [-0.1, -0.05) is 18.2 Å². The standard InChI is InChI=1S/C9H11NO4S/c1-13-9(10)7-15(11,12)14-8-5-3-2-4-6-8/h2-7H,10H2,1H3/b9-7+. The molecule has 0 atom stereocenters. The van der Waals surface area contributed by atoms with Crippen molar-refractivity contribution in [2.45, 2.75) is 0 Å². The monoisotopic (exact) mass is 229 g/mol. The quantitative estimate of drug-likeness (QED) is 0.610. The molecular formula is C9H11NO4S. The molecule has 0 amide bonds. The largest absolute Gasteiger partial charge is 0.482 e. The van der Waals surface area contributed by atoms with E-state index in [4.69, 9.17) is 9.92 Å². The zero-order valence-electron chi connectivity index (χ0n) is 8.08. The van der Waals surface area contributed by atoms with Crippen molar-refractivity contribution in [3.8, 4) is 5.75 Å². The summed E-state index contributed by atoms with van der Waals surface area (Å²) in [5, 5.41) is 0.708. The van der Waals surface area contributed by atoms with Crippen molar-refractivity contribution in [2.75, 3.05) is 7.11 Å². The summed E-state index contributed by atoms with van der Waals surface area (Å²) in [6.45, 7) is 0. The van der Waals surface area contributed by atoms with Gasteiger partial charge in [0.2, 0.25) is 0 Å². The number of rotatable bonds is 4. The van der Waals surface area contributed by atoms with Crippen molar-refractivity contribution in [1.82, 2.24) is 0 Å². The SMILES string of the molecule is CO/C(N)=C/S(=O)(=O)Oc1ccccc1. The van der Waals surface area contributed by atoms with Gasteiger partial charge in [-0.15, -0.1) is 0 Å². The Morgan fingerprint density at radius 3 is 2.47 bits per heavy atom. The summed E-state index contributed by atoms with van der Waals surface area (Å²) in [5.41, 5.74) is 5.19. The molecule has 0 saturated heterocycles. The van der Waals surface area contributed by atoms with Crippen LogP contribution in [0.15, 0.2) is 41.6 Å². The molecule has 6 heteroatoms. The molecule has 2 N–H and O–H groups in total. The maximum atomic E-state index is 11.3. The molecule has 0 unspecified atom stereocenters. The van der Waals surface area contributed by atoms with Gasteiger partial charge in [-0.2, -0.15) is 8.42 Å². The first-order chi connectivity index (χ1) is 7.03. The lowest BCUT2D eigenvalue weighted by molar-refractivity contribution is 0.288. The number of benzene rings is 1. The molecule has 15 heavy (non-hydrogen) atoms. The van der Waals surface area contributed by atoms with Crippen LogP contribution in [0.3, 0.4) is 0 Å². The lowest BCUT2D eigenvalue weighted by Gasteiger charge is -2.03. The lowest BCUT2D eigenvalue weighted by atomic mass is 10.3. The van der Waals surface area contributed by atoms with E-state index in [2.05, 4.69) is 4.74 Å². The van der Waals surface area contributed by atoms with Crippen LogP contribution in [-0.4, -0.2) is 15.5 Å². The van der Waals surface area contributed by atoms with Crippen LogP contribution in [0.5, 0.6) is 5.75 Å². The fourth-order valence-electron chi connectivity index (χ4n) is 0.825. The van der Waals surface area contributed by atoms with Crippen LogP contribution >= 0.6 is 0 Å². The Balaban J connectivity index is 2.83. The van der Waals surface area contributed by atoms with E-state index < -0.39 is 10.1 Å². The van der Waals surface area contributed by atoms with Crippen molar-refractivity contribution in [3.63, 3.8) is 0 Å². The van der Waals surface area contributed by atoms with E-state index in [1.807, 2.05) is 0 Å². The molecule has 0 saturated carbocycles. The smallest absolute Gasteiger partial charge is 0.337 e. The van der Waals surface area contributed by atoms with Crippen LogP contribution in [0.25, 0.3) is 0 Å². The first kappa shape index (κ1) is 11.4. The van der Waals surface area contributed by atoms with Crippen molar-refractivity contribution in [1.29, 1.82) is 0 Å². The molecule has 0 aliphatic rings. The van der Waals surface area contributed by atoms with Crippen molar-refractivity contribution in [3.05, 3.63) is 41.6 Å². The van der Waals surface area contributed by atoms with Gasteiger partial charge in [0.15, 0.2) is 5.88 Å². The summed E-state index contributed by atoms with van der Waals surface area (Å²) in [7, 11) is -2.59. The minimum absolute atomic E-state index is 0.220. The average molecular weight is 229 g/mol. The Labute approximate surface area is 88.2 Å². The van der Waals surface area contributed by atoms with Crippen LogP contribution in [-0.2, 0) is 14.9 Å². The molecule has 1 aromatic carbocycles. The van der Waals surface area contributed by atoms with Crippen molar-refractivity contribution >= 4 is 10.1 Å². The molecule has 0 aliphatic carbocycles. The molecule has 0 fully saturated rings. The van der Waals surface area contributed by atoms with Gasteiger partial charge in [-0.3, -0.25) is 0 Å². The Hall–Kier alpha value is -1.69. The molecular weight excluding hydrogens is 218 g/mol. The first-order valence-electron chi connectivity index (χ1n) is 4.04. The van der Waals surface area contributed by atoms with Gasteiger partial charge in [0, 0.05) is 0 Å². The van der Waals surface area contributed by atoms with E-state index in [0.717, 1.165) is 0 Å². The highest BCUT2D eigenvalue weighted by atomic mass is 32.2. The molecule has 0 bridgehead atoms. The van der Waals surface area contributed by atoms with Gasteiger partial charge < -0.3 is 14.7 Å². The first-order valence-corrected chi connectivity index (χ1v) is 5.51. The topological polar surface area (TPSA) is 78.6 Å². The van der Waals surface area contributed by atoms with E-state index in [9.17, 15) is 8.42 Å². The molecule has 0 aliphatic heterocycles. The molecule has 0 radical (unpaired) electrons. The number of hydrogen-bond donors (Lipinski definition) is 1. The predicted molar refractivity (Wildman–Crippen MR) is 55.3 cm³/mol. The van der Waals surface area contributed by atoms with Crippen molar-refractivity contribution in [2.24, 2.45) is 5.73 Å². The van der Waals surface area contributed by atoms with Gasteiger partial charge in [-0.25, -0.2) is 0 Å². The van der Waals surface area contributed by atoms with Gasteiger partial charge in [0.25, 0.3) is 0 Å². The zero-order chi connectivity index (χ0) is 11.3. The van der Waals surface area contributed by atoms with E-state index in [1.165, 1.54) is 19.2 Å². The second-order valence-corrected chi connectivity index (χ2v) is 4.00. The van der Waals surface area contributed by atoms with E-state index in [0.29, 0.717) is 5.41 Å². The minimum atomic E-state index is -3.86. The highest BCUT2D eigenvalue weighted by Crippen LogP contribution is 2.12. The summed E-state index contributed by atoms with van der Waals surface area (Å²) in [6.07, 6.45) is 0. The van der Waals surface area contributed by atoms with E-state index in [1.54, 1.807) is 18.2 Å². The number of ether oxygens (including phenoxy) is 1. The molecule has 1 aromatic rings. The molecule has 5 nitrogen and oxygen atoms in total. The van der Waals surface area contributed by atoms with Gasteiger partial charge in [-0.05, 0) is 12.1 Å². The van der Waals surface area contributed by atoms with Gasteiger partial charge in [0.1, 0.15) is 11.2 Å². The Bertz CT molecular complexity index is 438. The van der Waals surface area contributed by atoms with Gasteiger partial charge in [0.05, 0.1) is 7.11 Å². The fraction of sp³-hybridized carbons (Fsp3) is 0.111. The second kappa shape index (κ2) is 4.70. The summed E-state index contributed by atoms with van der Waals surface area (Å²) in [6, 6.07) is 8.12. The summed E-state index contributed by atoms with van der Waals surface area (Å²) in [5.74, 6) is -0.0106. The van der Waals surface area contributed by atoms with Crippen LogP contribution in [0.4, 0.5) is 0 Å². The van der Waals surface area contributed by atoms with E-state index >= 15 is 0 Å². The second-order valence-electron chi connectivity index (χ2n) is 2.61. The normalized spacial score (nSPS) is 12.2. The minimum Gasteiger partial charge on any atom is -0.482 e. The third-order valence-corrected chi connectivity index (χ3v) is 2.40. The third-order valence-electron chi connectivity index (χ3n) is 1.45. The summed E-state index contributed by atoms with van der Waals surface area (Å²) >= 11 is 0. The van der Waals surface area contributed by atoms with E-state index in [-0.39, 0.29) is 11.6 Å². The molecule has 0 aromatic heterocycles. The maximum absolute atomic E-state index is 11.3. The highest BCUT2D eigenvalue weighted by Gasteiger charge is 2.10. The summed E-state index contributed by atoms with van der Waals surface area (Å²) in [4.78, 5) is 0. The van der Waals surface area contributed by atoms with Crippen LogP contribution in [0.2, 0.25) is 0 Å². The third kappa shape index (κ3) is 3.90. The molecule has 0 spiro atoms. The Kier molecular flexibility index (Phi) is 3.56. The number of hydrogen-bond acceptors (Lipinski definition) is 5. The predicted octanol–water partition coefficient (Wildman–Crippen LogP) is 0.799. The van der Waals surface area contributed by atoms with Crippen LogP contribution in [0, 0.1) is 0 Å². The van der Waals surface area contributed by atoms with Crippen LogP contribution in [0.1, 0.15) is 0 Å². The lowest BCUT2D eigenvalue weighted by Crippen LogP contribution is -2.10. The Morgan fingerprint density at radius 1 is 1.33 bits per heavy atom. The number of para-hydroxylation sites is 1. The number of nitrogens with two attached hydrogens (primary N) is 1. The van der Waals surface area contributed by atoms with Crippen molar-refractivity contribution < 1.29 is 17.3 Å². The molecule has 82 valence electrons. The van der Waals surface area contributed by atoms with Gasteiger partial charge >= 0.3 is 10.1 Å². The average Bonchev–Trinajstić information content (AvgIpc) is 2.17. The molecule has 1 rings (SSSR count). The zero-order valence-corrected chi connectivity index (χ0v) is 8.90. The maximum Gasteiger partial charge on any atom is 0.337 e. The fourth-order valence-corrected chi connectivity index (χ4v) is 1.63.